The Hall–Kier alpha value is 0.390. The van der Waals surface area contributed by atoms with Crippen LogP contribution < -0.4 is 0 Å². The number of hydrogen-bond donors (Lipinski definition) is 0. The minimum atomic E-state index is 0.0894. The van der Waals surface area contributed by atoms with E-state index in [0.29, 0.717) is 0 Å². The Morgan fingerprint density at radius 3 is 2.92 bits per heavy atom. The molecule has 0 bridgehead atoms. The molecule has 0 aliphatic heterocycles. The summed E-state index contributed by atoms with van der Waals surface area (Å²) in [5, 5.41) is 1.12. The molecule has 0 N–H and O–H groups in total. The highest BCUT2D eigenvalue weighted by molar-refractivity contribution is 14.1. The van der Waals surface area contributed by atoms with E-state index in [1.54, 1.807) is 11.3 Å². The predicted molar refractivity (Wildman–Crippen MR) is 63.8 cm³/mol. The van der Waals surface area contributed by atoms with E-state index in [2.05, 4.69) is 27.6 Å². The molecule has 0 aliphatic rings. The number of thiazole rings is 1. The SMILES string of the molecule is C/C(=C\c1ncc(I)s1)C(C)Cl. The van der Waals surface area contributed by atoms with E-state index in [-0.39, 0.29) is 5.38 Å². The minimum Gasteiger partial charge on any atom is -0.244 e. The van der Waals surface area contributed by atoms with Crippen molar-refractivity contribution in [2.75, 3.05) is 0 Å². The van der Waals surface area contributed by atoms with Crippen molar-refractivity contribution in [1.29, 1.82) is 0 Å². The lowest BCUT2D eigenvalue weighted by Crippen LogP contribution is -1.91. The van der Waals surface area contributed by atoms with E-state index in [0.717, 1.165) is 10.6 Å². The van der Waals surface area contributed by atoms with E-state index in [4.69, 9.17) is 11.6 Å². The molecule has 0 amide bonds. The number of allylic oxidation sites excluding steroid dienone is 1. The van der Waals surface area contributed by atoms with Crippen molar-refractivity contribution in [3.8, 4) is 0 Å². The maximum atomic E-state index is 5.89. The van der Waals surface area contributed by atoms with Gasteiger partial charge in [-0.25, -0.2) is 4.98 Å². The van der Waals surface area contributed by atoms with E-state index < -0.39 is 0 Å². The zero-order valence-electron chi connectivity index (χ0n) is 6.84. The number of rotatable bonds is 2. The first-order valence-corrected chi connectivity index (χ1v) is 5.86. The molecule has 1 unspecified atom stereocenters. The number of aromatic nitrogens is 1. The Bertz CT molecular complexity index is 293. The molecule has 0 saturated heterocycles. The number of hydrogen-bond acceptors (Lipinski definition) is 2. The van der Waals surface area contributed by atoms with Gasteiger partial charge in [0.05, 0.1) is 14.5 Å². The zero-order valence-corrected chi connectivity index (χ0v) is 10.6. The fourth-order valence-electron chi connectivity index (χ4n) is 0.643. The fourth-order valence-corrected chi connectivity index (χ4v) is 2.18. The van der Waals surface area contributed by atoms with Gasteiger partial charge in [0, 0.05) is 0 Å². The maximum absolute atomic E-state index is 5.89. The molecule has 1 rings (SSSR count). The highest BCUT2D eigenvalue weighted by atomic mass is 127. The molecule has 1 heterocycles. The van der Waals surface area contributed by atoms with Crippen LogP contribution in [-0.2, 0) is 0 Å². The summed E-state index contributed by atoms with van der Waals surface area (Å²) < 4.78 is 1.20. The largest absolute Gasteiger partial charge is 0.244 e. The normalized spacial score (nSPS) is 14.8. The van der Waals surface area contributed by atoms with Gasteiger partial charge in [-0.15, -0.1) is 22.9 Å². The number of nitrogens with zero attached hydrogens (tertiary/aromatic N) is 1. The molecule has 0 spiro atoms. The van der Waals surface area contributed by atoms with Crippen LogP contribution >= 0.6 is 45.5 Å². The van der Waals surface area contributed by atoms with Gasteiger partial charge in [0.15, 0.2) is 0 Å². The number of halogens is 2. The third kappa shape index (κ3) is 3.03. The molecule has 0 aromatic carbocycles. The second-order valence-corrected chi connectivity index (χ2v) is 6.12. The van der Waals surface area contributed by atoms with Crippen LogP contribution in [-0.4, -0.2) is 10.4 Å². The van der Waals surface area contributed by atoms with Crippen LogP contribution in [0.5, 0.6) is 0 Å². The molecule has 12 heavy (non-hydrogen) atoms. The lowest BCUT2D eigenvalue weighted by Gasteiger charge is -1.99. The summed E-state index contributed by atoms with van der Waals surface area (Å²) in [5.74, 6) is 0. The van der Waals surface area contributed by atoms with Gasteiger partial charge in [0.1, 0.15) is 5.01 Å². The van der Waals surface area contributed by atoms with Gasteiger partial charge in [-0.05, 0) is 42.5 Å². The summed E-state index contributed by atoms with van der Waals surface area (Å²) >= 11 is 9.82. The van der Waals surface area contributed by atoms with Crippen LogP contribution in [0.15, 0.2) is 11.8 Å². The second-order valence-electron chi connectivity index (χ2n) is 2.51. The van der Waals surface area contributed by atoms with Gasteiger partial charge in [0.2, 0.25) is 0 Å². The lowest BCUT2D eigenvalue weighted by atomic mass is 10.2. The monoisotopic (exact) mass is 313 g/mol. The van der Waals surface area contributed by atoms with Crippen molar-refractivity contribution in [3.63, 3.8) is 0 Å². The van der Waals surface area contributed by atoms with Crippen molar-refractivity contribution in [2.24, 2.45) is 0 Å². The third-order valence-corrected chi connectivity index (χ3v) is 3.49. The number of alkyl halides is 1. The van der Waals surface area contributed by atoms with Crippen LogP contribution in [0.1, 0.15) is 18.9 Å². The summed E-state index contributed by atoms with van der Waals surface area (Å²) in [6, 6.07) is 0. The zero-order chi connectivity index (χ0) is 9.14. The van der Waals surface area contributed by atoms with Crippen molar-refractivity contribution >= 4 is 51.6 Å². The highest BCUT2D eigenvalue weighted by Crippen LogP contribution is 2.19. The van der Waals surface area contributed by atoms with Gasteiger partial charge < -0.3 is 0 Å². The quantitative estimate of drug-likeness (QED) is 0.598. The van der Waals surface area contributed by atoms with Crippen molar-refractivity contribution < 1.29 is 0 Å². The summed E-state index contributed by atoms with van der Waals surface area (Å²) in [7, 11) is 0. The third-order valence-electron chi connectivity index (χ3n) is 1.47. The van der Waals surface area contributed by atoms with Gasteiger partial charge in [0.25, 0.3) is 0 Å². The smallest absolute Gasteiger partial charge is 0.117 e. The first kappa shape index (κ1) is 10.5. The molecule has 1 nitrogen and oxygen atoms in total. The van der Waals surface area contributed by atoms with Crippen LogP contribution in [0.3, 0.4) is 0 Å². The molecular weight excluding hydrogens is 305 g/mol. The van der Waals surface area contributed by atoms with Crippen LogP contribution in [0.25, 0.3) is 6.08 Å². The van der Waals surface area contributed by atoms with Gasteiger partial charge >= 0.3 is 0 Å². The highest BCUT2D eigenvalue weighted by Gasteiger charge is 2.01. The van der Waals surface area contributed by atoms with E-state index in [9.17, 15) is 0 Å². The van der Waals surface area contributed by atoms with Crippen LogP contribution in [0, 0.1) is 2.88 Å². The van der Waals surface area contributed by atoms with Gasteiger partial charge in [-0.1, -0.05) is 5.57 Å². The Morgan fingerprint density at radius 1 is 1.83 bits per heavy atom. The summed E-state index contributed by atoms with van der Waals surface area (Å²) in [5.41, 5.74) is 1.16. The Morgan fingerprint density at radius 2 is 2.50 bits per heavy atom. The summed E-state index contributed by atoms with van der Waals surface area (Å²) in [4.78, 5) is 4.21. The van der Waals surface area contributed by atoms with Crippen LogP contribution in [0.2, 0.25) is 0 Å². The minimum absolute atomic E-state index is 0.0894. The molecule has 0 fully saturated rings. The Labute approximate surface area is 95.0 Å². The van der Waals surface area contributed by atoms with E-state index in [1.807, 2.05) is 26.1 Å². The summed E-state index contributed by atoms with van der Waals surface area (Å²) in [6.07, 6.45) is 3.90. The molecule has 4 heteroatoms. The Balaban J connectivity index is 2.80. The lowest BCUT2D eigenvalue weighted by molar-refractivity contribution is 1.12. The fraction of sp³-hybridized carbons (Fsp3) is 0.375. The van der Waals surface area contributed by atoms with E-state index in [1.165, 1.54) is 2.88 Å². The maximum Gasteiger partial charge on any atom is 0.117 e. The molecular formula is C8H9ClINS. The standard InChI is InChI=1S/C8H9ClINS/c1-5(6(2)9)3-8-11-4-7(10)12-8/h3-4,6H,1-2H3/b5-3+. The van der Waals surface area contributed by atoms with Crippen molar-refractivity contribution in [3.05, 3.63) is 19.7 Å². The molecule has 0 aliphatic carbocycles. The molecule has 0 radical (unpaired) electrons. The van der Waals surface area contributed by atoms with Gasteiger partial charge in [-0.2, -0.15) is 0 Å². The summed E-state index contributed by atoms with van der Waals surface area (Å²) in [6.45, 7) is 3.98. The second kappa shape index (κ2) is 4.58. The molecule has 1 aromatic heterocycles. The average Bonchev–Trinajstić information content (AvgIpc) is 2.35. The molecule has 66 valence electrons. The van der Waals surface area contributed by atoms with Gasteiger partial charge in [-0.3, -0.25) is 0 Å². The first-order chi connectivity index (χ1) is 5.59. The Kier molecular flexibility index (Phi) is 3.99. The van der Waals surface area contributed by atoms with Crippen LogP contribution in [0.4, 0.5) is 0 Å². The first-order valence-electron chi connectivity index (χ1n) is 3.53. The van der Waals surface area contributed by atoms with Crippen molar-refractivity contribution in [2.45, 2.75) is 19.2 Å². The average molecular weight is 314 g/mol. The predicted octanol–water partition coefficient (Wildman–Crippen LogP) is 3.78. The molecule has 1 atom stereocenters. The van der Waals surface area contributed by atoms with Crippen molar-refractivity contribution in [1.82, 2.24) is 4.98 Å². The molecule has 1 aromatic rings. The van der Waals surface area contributed by atoms with E-state index >= 15 is 0 Å². The molecule has 0 saturated carbocycles. The topological polar surface area (TPSA) is 12.9 Å².